The summed E-state index contributed by atoms with van der Waals surface area (Å²) in [6.45, 7) is 0.0668. The number of alkyl halides is 3. The fraction of sp³-hybridized carbons (Fsp3) is 0.407. The third-order valence-electron chi connectivity index (χ3n) is 6.50. The van der Waals surface area contributed by atoms with Crippen molar-refractivity contribution in [1.82, 2.24) is 16.1 Å². The number of carbonyl (C=O) groups excluding carboxylic acids is 4. The van der Waals surface area contributed by atoms with Crippen molar-refractivity contribution in [2.45, 2.75) is 69.8 Å². The molecule has 6 N–H and O–H groups in total. The molecule has 1 unspecified atom stereocenters. The van der Waals surface area contributed by atoms with Crippen LogP contribution in [0.4, 0.5) is 18.9 Å². The Labute approximate surface area is 240 Å². The summed E-state index contributed by atoms with van der Waals surface area (Å²) < 4.78 is 39.2. The second-order valence-corrected chi connectivity index (χ2v) is 9.82. The van der Waals surface area contributed by atoms with E-state index in [0.717, 1.165) is 18.2 Å². The molecule has 1 aliphatic rings. The van der Waals surface area contributed by atoms with Gasteiger partial charge in [-0.3, -0.25) is 24.0 Å². The van der Waals surface area contributed by atoms with Gasteiger partial charge in [-0.25, -0.2) is 5.48 Å². The first-order chi connectivity index (χ1) is 19.9. The van der Waals surface area contributed by atoms with Crippen molar-refractivity contribution in [3.8, 4) is 0 Å². The fourth-order valence-electron chi connectivity index (χ4n) is 4.20. The molecule has 0 saturated carbocycles. The van der Waals surface area contributed by atoms with Gasteiger partial charge < -0.3 is 26.0 Å². The zero-order chi connectivity index (χ0) is 30.7. The third-order valence-corrected chi connectivity index (χ3v) is 6.50. The number of benzene rings is 2. The number of hydrogen-bond donors (Lipinski definition) is 6. The highest BCUT2D eigenvalue weighted by molar-refractivity contribution is 6.58. The normalized spacial score (nSPS) is 15.5. The molecule has 1 heterocycles. The minimum absolute atomic E-state index is 0.0668. The van der Waals surface area contributed by atoms with Crippen molar-refractivity contribution in [1.29, 1.82) is 0 Å². The second-order valence-electron chi connectivity index (χ2n) is 9.82. The Kier molecular flexibility index (Phi) is 11.9. The number of anilines is 1. The van der Waals surface area contributed by atoms with Crippen molar-refractivity contribution in [2.75, 3.05) is 5.32 Å². The number of rotatable bonds is 14. The maximum absolute atomic E-state index is 13.1. The Morgan fingerprint density at radius 2 is 1.81 bits per heavy atom. The zero-order valence-electron chi connectivity index (χ0n) is 22.6. The highest BCUT2D eigenvalue weighted by Gasteiger charge is 2.32. The molecule has 4 amide bonds. The van der Waals surface area contributed by atoms with E-state index in [-0.39, 0.29) is 49.8 Å². The first kappa shape index (κ1) is 32.6. The van der Waals surface area contributed by atoms with Crippen LogP contribution in [0.25, 0.3) is 0 Å². The SMILES string of the molecule is O=C(CCCCCC(NC(=O)[C@@H]1CCC(=O)N1)C(=O)Nc1cccc(C(F)(F)F)c1)NOCc1ccc(B(O)O)cc1. The van der Waals surface area contributed by atoms with Crippen LogP contribution < -0.4 is 26.9 Å². The van der Waals surface area contributed by atoms with E-state index in [1.165, 1.54) is 18.2 Å². The number of nitrogens with one attached hydrogen (secondary N) is 4. The average molecular weight is 592 g/mol. The van der Waals surface area contributed by atoms with Gasteiger partial charge in [0.15, 0.2) is 0 Å². The molecule has 1 aliphatic heterocycles. The molecule has 226 valence electrons. The lowest BCUT2D eigenvalue weighted by atomic mass is 9.80. The highest BCUT2D eigenvalue weighted by atomic mass is 19.4. The molecule has 2 aromatic carbocycles. The summed E-state index contributed by atoms with van der Waals surface area (Å²) in [4.78, 5) is 54.3. The van der Waals surface area contributed by atoms with Gasteiger partial charge in [0.25, 0.3) is 0 Å². The van der Waals surface area contributed by atoms with Crippen LogP contribution in [0.3, 0.4) is 0 Å². The van der Waals surface area contributed by atoms with Gasteiger partial charge in [0, 0.05) is 18.5 Å². The molecular formula is C27H32BF3N4O7. The Bertz CT molecular complexity index is 1240. The van der Waals surface area contributed by atoms with E-state index >= 15 is 0 Å². The van der Waals surface area contributed by atoms with Gasteiger partial charge in [-0.15, -0.1) is 0 Å². The lowest BCUT2D eigenvalue weighted by Crippen LogP contribution is -2.50. The van der Waals surface area contributed by atoms with Crippen LogP contribution in [0.15, 0.2) is 48.5 Å². The summed E-state index contributed by atoms with van der Waals surface area (Å²) in [6.07, 6.45) is -2.54. The minimum Gasteiger partial charge on any atom is -0.423 e. The second kappa shape index (κ2) is 15.3. The zero-order valence-corrected chi connectivity index (χ0v) is 22.6. The molecule has 1 saturated heterocycles. The van der Waals surface area contributed by atoms with E-state index in [0.29, 0.717) is 30.3 Å². The van der Waals surface area contributed by atoms with Gasteiger partial charge in [0.2, 0.25) is 23.6 Å². The monoisotopic (exact) mass is 592 g/mol. The summed E-state index contributed by atoms with van der Waals surface area (Å²) in [5.74, 6) is -1.94. The quantitative estimate of drug-likeness (QED) is 0.109. The molecule has 15 heteroatoms. The van der Waals surface area contributed by atoms with Gasteiger partial charge in [-0.2, -0.15) is 13.2 Å². The number of carbonyl (C=O) groups is 4. The number of halogens is 3. The minimum atomic E-state index is -4.59. The molecule has 0 radical (unpaired) electrons. The van der Waals surface area contributed by atoms with Gasteiger partial charge in [0.05, 0.1) is 12.2 Å². The topological polar surface area (TPSA) is 166 Å². The van der Waals surface area contributed by atoms with Crippen LogP contribution in [0.1, 0.15) is 56.1 Å². The first-order valence-electron chi connectivity index (χ1n) is 13.4. The molecule has 2 atom stereocenters. The Morgan fingerprint density at radius 3 is 2.45 bits per heavy atom. The smallest absolute Gasteiger partial charge is 0.423 e. The van der Waals surface area contributed by atoms with Crippen molar-refractivity contribution in [2.24, 2.45) is 0 Å². The van der Waals surface area contributed by atoms with Gasteiger partial charge in [0.1, 0.15) is 12.1 Å². The van der Waals surface area contributed by atoms with Gasteiger partial charge in [-0.1, -0.05) is 43.2 Å². The van der Waals surface area contributed by atoms with Crippen LogP contribution in [0.5, 0.6) is 0 Å². The van der Waals surface area contributed by atoms with Gasteiger partial charge in [-0.05, 0) is 48.5 Å². The number of hydroxylamine groups is 1. The molecule has 0 aromatic heterocycles. The van der Waals surface area contributed by atoms with Crippen molar-refractivity contribution in [3.63, 3.8) is 0 Å². The Hall–Kier alpha value is -3.95. The van der Waals surface area contributed by atoms with Crippen molar-refractivity contribution in [3.05, 3.63) is 59.7 Å². The van der Waals surface area contributed by atoms with E-state index in [1.807, 2.05) is 0 Å². The lowest BCUT2D eigenvalue weighted by molar-refractivity contribution is -0.137. The molecule has 3 rings (SSSR count). The van der Waals surface area contributed by atoms with Gasteiger partial charge >= 0.3 is 13.3 Å². The van der Waals surface area contributed by atoms with Crippen LogP contribution in [0.2, 0.25) is 0 Å². The van der Waals surface area contributed by atoms with Crippen molar-refractivity contribution < 1.29 is 47.2 Å². The molecule has 0 spiro atoms. The predicted molar refractivity (Wildman–Crippen MR) is 145 cm³/mol. The first-order valence-corrected chi connectivity index (χ1v) is 13.4. The maximum atomic E-state index is 13.1. The lowest BCUT2D eigenvalue weighted by Gasteiger charge is -2.21. The van der Waals surface area contributed by atoms with E-state index < -0.39 is 42.8 Å². The summed E-state index contributed by atoms with van der Waals surface area (Å²) >= 11 is 0. The third kappa shape index (κ3) is 10.5. The Morgan fingerprint density at radius 1 is 1.07 bits per heavy atom. The molecule has 1 fully saturated rings. The standard InChI is InChI=1S/C27H32BF3N4O7/c29-27(30,31)18-5-4-6-20(15-18)32-25(38)21(34-26(39)22-13-14-23(36)33-22)7-2-1-3-8-24(37)35-42-16-17-9-11-19(12-10-17)28(40)41/h4-6,9-12,15,21-22,40-41H,1-3,7-8,13-14,16H2,(H,32,38)(H,33,36)(H,34,39)(H,35,37)/t21?,22-/m0/s1. The number of unbranched alkanes of at least 4 members (excludes halogenated alkanes) is 2. The number of amides is 4. The molecule has 11 nitrogen and oxygen atoms in total. The summed E-state index contributed by atoms with van der Waals surface area (Å²) in [7, 11) is -1.58. The molecular weight excluding hydrogens is 560 g/mol. The van der Waals surface area contributed by atoms with Crippen LogP contribution in [-0.4, -0.2) is 52.9 Å². The fourth-order valence-corrected chi connectivity index (χ4v) is 4.20. The summed E-state index contributed by atoms with van der Waals surface area (Å²) in [5, 5.41) is 25.7. The van der Waals surface area contributed by atoms with E-state index in [4.69, 9.17) is 14.9 Å². The van der Waals surface area contributed by atoms with Crippen LogP contribution >= 0.6 is 0 Å². The highest BCUT2D eigenvalue weighted by Crippen LogP contribution is 2.30. The van der Waals surface area contributed by atoms with Crippen LogP contribution in [-0.2, 0) is 36.8 Å². The van der Waals surface area contributed by atoms with Crippen LogP contribution in [0, 0.1) is 0 Å². The molecule has 42 heavy (non-hydrogen) atoms. The molecule has 2 aromatic rings. The molecule has 0 bridgehead atoms. The Balaban J connectivity index is 1.46. The maximum Gasteiger partial charge on any atom is 0.488 e. The number of hydrogen-bond acceptors (Lipinski definition) is 7. The van der Waals surface area contributed by atoms with E-state index in [2.05, 4.69) is 21.4 Å². The van der Waals surface area contributed by atoms with Crippen molar-refractivity contribution >= 4 is 41.9 Å². The summed E-state index contributed by atoms with van der Waals surface area (Å²) in [6, 6.07) is 8.54. The van der Waals surface area contributed by atoms with E-state index in [1.54, 1.807) is 12.1 Å². The largest absolute Gasteiger partial charge is 0.488 e. The van der Waals surface area contributed by atoms with E-state index in [9.17, 15) is 32.3 Å². The molecule has 0 aliphatic carbocycles. The predicted octanol–water partition coefficient (Wildman–Crippen LogP) is 1.29. The summed E-state index contributed by atoms with van der Waals surface area (Å²) in [5.41, 5.74) is 2.33. The average Bonchev–Trinajstić information content (AvgIpc) is 3.38.